The van der Waals surface area contributed by atoms with Crippen molar-refractivity contribution in [3.05, 3.63) is 60.7 Å². The summed E-state index contributed by atoms with van der Waals surface area (Å²) in [4.78, 5) is 12.1. The second-order valence-corrected chi connectivity index (χ2v) is 4.87. The van der Waals surface area contributed by atoms with Gasteiger partial charge in [0.2, 0.25) is 0 Å². The van der Waals surface area contributed by atoms with Crippen molar-refractivity contribution in [3.8, 4) is 17.1 Å². The van der Waals surface area contributed by atoms with E-state index in [1.54, 1.807) is 0 Å². The van der Waals surface area contributed by atoms with Gasteiger partial charge in [-0.1, -0.05) is 18.2 Å². The fourth-order valence-corrected chi connectivity index (χ4v) is 2.41. The van der Waals surface area contributed by atoms with Gasteiger partial charge in [-0.2, -0.15) is 5.10 Å². The predicted octanol–water partition coefficient (Wildman–Crippen LogP) is 3.12. The van der Waals surface area contributed by atoms with Crippen molar-refractivity contribution >= 4 is 11.0 Å². The normalized spacial score (nSPS) is 11.1. The zero-order chi connectivity index (χ0) is 14.2. The van der Waals surface area contributed by atoms with Crippen molar-refractivity contribution in [3.63, 3.8) is 0 Å². The van der Waals surface area contributed by atoms with Crippen LogP contribution in [-0.4, -0.2) is 24.7 Å². The average Bonchev–Trinajstić information content (AvgIpc) is 3.13. The summed E-state index contributed by atoms with van der Waals surface area (Å²) in [7, 11) is 0. The second-order valence-electron chi connectivity index (χ2n) is 4.87. The van der Waals surface area contributed by atoms with E-state index in [9.17, 15) is 0 Å². The highest BCUT2D eigenvalue weighted by atomic mass is 15.3. The first-order valence-electron chi connectivity index (χ1n) is 6.74. The number of rotatable bonds is 2. The van der Waals surface area contributed by atoms with E-state index in [1.807, 2.05) is 60.4 Å². The summed E-state index contributed by atoms with van der Waals surface area (Å²) in [5.41, 5.74) is 2.81. The van der Waals surface area contributed by atoms with Gasteiger partial charge in [0, 0.05) is 23.3 Å². The molecule has 0 saturated carbocycles. The maximum absolute atomic E-state index is 4.55. The maximum atomic E-state index is 4.55. The molecular formula is C16H13N5. The van der Waals surface area contributed by atoms with Crippen molar-refractivity contribution in [1.82, 2.24) is 24.7 Å². The van der Waals surface area contributed by atoms with E-state index in [-0.39, 0.29) is 0 Å². The Hall–Kier alpha value is -2.95. The fraction of sp³-hybridized carbons (Fsp3) is 0.0625. The van der Waals surface area contributed by atoms with Crippen LogP contribution in [0.25, 0.3) is 28.1 Å². The first-order chi connectivity index (χ1) is 10.3. The van der Waals surface area contributed by atoms with E-state index in [0.717, 1.165) is 33.9 Å². The van der Waals surface area contributed by atoms with Gasteiger partial charge in [-0.25, -0.2) is 14.6 Å². The van der Waals surface area contributed by atoms with E-state index < -0.39 is 0 Å². The molecular weight excluding hydrogens is 262 g/mol. The van der Waals surface area contributed by atoms with Crippen LogP contribution in [0.4, 0.5) is 0 Å². The molecule has 3 heterocycles. The maximum Gasteiger partial charge on any atom is 0.165 e. The van der Waals surface area contributed by atoms with Gasteiger partial charge in [-0.05, 0) is 31.2 Å². The van der Waals surface area contributed by atoms with Crippen LogP contribution in [0.3, 0.4) is 0 Å². The molecule has 0 atom stereocenters. The Morgan fingerprint density at radius 2 is 1.95 bits per heavy atom. The molecule has 1 N–H and O–H groups in total. The van der Waals surface area contributed by atoms with Crippen LogP contribution in [0.1, 0.15) is 5.82 Å². The Kier molecular flexibility index (Phi) is 2.57. The Morgan fingerprint density at radius 3 is 2.81 bits per heavy atom. The molecule has 0 amide bonds. The van der Waals surface area contributed by atoms with Gasteiger partial charge in [-0.3, -0.25) is 0 Å². The number of nitrogens with zero attached hydrogens (tertiary/aromatic N) is 4. The summed E-state index contributed by atoms with van der Waals surface area (Å²) in [5.74, 6) is 1.54. The molecule has 102 valence electrons. The molecule has 0 fully saturated rings. The molecule has 21 heavy (non-hydrogen) atoms. The molecule has 0 radical (unpaired) electrons. The molecule has 0 spiro atoms. The highest BCUT2D eigenvalue weighted by Gasteiger charge is 2.12. The first kappa shape index (κ1) is 11.8. The van der Waals surface area contributed by atoms with Crippen LogP contribution < -0.4 is 0 Å². The molecule has 4 rings (SSSR count). The third-order valence-corrected chi connectivity index (χ3v) is 3.37. The molecule has 0 bridgehead atoms. The summed E-state index contributed by atoms with van der Waals surface area (Å²) in [6, 6.07) is 14.1. The molecule has 5 nitrogen and oxygen atoms in total. The molecule has 1 aromatic carbocycles. The van der Waals surface area contributed by atoms with Crippen LogP contribution >= 0.6 is 0 Å². The third kappa shape index (κ3) is 1.99. The number of benzene rings is 1. The molecule has 3 aromatic heterocycles. The van der Waals surface area contributed by atoms with Gasteiger partial charge in [-0.15, -0.1) is 0 Å². The van der Waals surface area contributed by atoms with Crippen LogP contribution in [0.5, 0.6) is 0 Å². The lowest BCUT2D eigenvalue weighted by molar-refractivity contribution is 0.869. The van der Waals surface area contributed by atoms with E-state index in [4.69, 9.17) is 0 Å². The monoisotopic (exact) mass is 275 g/mol. The van der Waals surface area contributed by atoms with Gasteiger partial charge >= 0.3 is 0 Å². The van der Waals surface area contributed by atoms with Crippen LogP contribution in [-0.2, 0) is 0 Å². The third-order valence-electron chi connectivity index (χ3n) is 3.37. The van der Waals surface area contributed by atoms with Gasteiger partial charge in [0.15, 0.2) is 5.82 Å². The van der Waals surface area contributed by atoms with Gasteiger partial charge in [0.25, 0.3) is 0 Å². The van der Waals surface area contributed by atoms with Crippen molar-refractivity contribution in [1.29, 1.82) is 0 Å². The molecule has 0 aliphatic rings. The summed E-state index contributed by atoms with van der Waals surface area (Å²) in [6.07, 6.45) is 3.70. The van der Waals surface area contributed by atoms with Crippen molar-refractivity contribution in [2.45, 2.75) is 6.92 Å². The topological polar surface area (TPSA) is 59.4 Å². The number of pyridine rings is 1. The Bertz CT molecular complexity index is 905. The summed E-state index contributed by atoms with van der Waals surface area (Å²) in [5, 5.41) is 5.56. The smallest absolute Gasteiger partial charge is 0.165 e. The quantitative estimate of drug-likeness (QED) is 0.611. The highest BCUT2D eigenvalue weighted by Crippen LogP contribution is 2.23. The van der Waals surface area contributed by atoms with Gasteiger partial charge in [0.05, 0.1) is 5.69 Å². The van der Waals surface area contributed by atoms with Gasteiger partial charge < -0.3 is 4.98 Å². The summed E-state index contributed by atoms with van der Waals surface area (Å²) >= 11 is 0. The minimum Gasteiger partial charge on any atom is -0.346 e. The largest absolute Gasteiger partial charge is 0.346 e. The zero-order valence-electron chi connectivity index (χ0n) is 11.5. The predicted molar refractivity (Wildman–Crippen MR) is 81.2 cm³/mol. The van der Waals surface area contributed by atoms with Crippen molar-refractivity contribution in [2.75, 3.05) is 0 Å². The second kappa shape index (κ2) is 4.56. The summed E-state index contributed by atoms with van der Waals surface area (Å²) in [6.45, 7) is 1.89. The van der Waals surface area contributed by atoms with E-state index >= 15 is 0 Å². The lowest BCUT2D eigenvalue weighted by Gasteiger charge is -2.05. The lowest BCUT2D eigenvalue weighted by Crippen LogP contribution is -1.99. The number of H-pyrrole nitrogens is 1. The Labute approximate surface area is 121 Å². The minimum absolute atomic E-state index is 0.739. The number of aromatic nitrogens is 5. The average molecular weight is 275 g/mol. The molecule has 0 aliphatic carbocycles. The zero-order valence-corrected chi connectivity index (χ0v) is 11.5. The Balaban J connectivity index is 1.92. The Morgan fingerprint density at radius 1 is 1.10 bits per heavy atom. The first-order valence-corrected chi connectivity index (χ1v) is 6.74. The minimum atomic E-state index is 0.739. The van der Waals surface area contributed by atoms with Gasteiger partial charge in [0.1, 0.15) is 11.5 Å². The highest BCUT2D eigenvalue weighted by molar-refractivity contribution is 5.80. The standard InChI is InChI=1S/C16H13N5/c1-11-19-16(21(20-11)14-5-3-2-4-6-14)13-9-12-7-8-17-15(12)18-10-13/h2-10H,1H3,(H,17,18). The number of nitrogens with one attached hydrogen (secondary N) is 1. The van der Waals surface area contributed by atoms with Crippen LogP contribution in [0.15, 0.2) is 54.9 Å². The van der Waals surface area contributed by atoms with Crippen molar-refractivity contribution < 1.29 is 0 Å². The van der Waals surface area contributed by atoms with E-state index in [1.165, 1.54) is 0 Å². The number of fused-ring (bicyclic) bond motifs is 1. The SMILES string of the molecule is Cc1nc(-c2cnc3[nH]ccc3c2)n(-c2ccccc2)n1. The molecule has 0 aliphatic heterocycles. The van der Waals surface area contributed by atoms with Crippen LogP contribution in [0, 0.1) is 6.92 Å². The molecule has 4 aromatic rings. The number of hydrogen-bond donors (Lipinski definition) is 1. The fourth-order valence-electron chi connectivity index (χ4n) is 2.41. The molecule has 0 saturated heterocycles. The molecule has 0 unspecified atom stereocenters. The summed E-state index contributed by atoms with van der Waals surface area (Å²) < 4.78 is 1.85. The van der Waals surface area contributed by atoms with E-state index in [2.05, 4.69) is 26.1 Å². The molecule has 5 heteroatoms. The number of para-hydroxylation sites is 1. The van der Waals surface area contributed by atoms with Crippen molar-refractivity contribution in [2.24, 2.45) is 0 Å². The van der Waals surface area contributed by atoms with Crippen LogP contribution in [0.2, 0.25) is 0 Å². The number of hydrogen-bond acceptors (Lipinski definition) is 3. The number of aromatic amines is 1. The van der Waals surface area contributed by atoms with E-state index in [0.29, 0.717) is 0 Å². The number of aryl methyl sites for hydroxylation is 1. The lowest BCUT2D eigenvalue weighted by atomic mass is 10.2.